The number of carbonyl (C=O) groups excluding carboxylic acids is 4. The van der Waals surface area contributed by atoms with E-state index >= 15 is 0 Å². The number of urea groups is 1. The number of amides is 4. The van der Waals surface area contributed by atoms with Crippen LogP contribution >= 0.6 is 0 Å². The fourth-order valence-electron chi connectivity index (χ4n) is 3.68. The molecule has 1 aromatic heterocycles. The predicted molar refractivity (Wildman–Crippen MR) is 101 cm³/mol. The topological polar surface area (TPSA) is 118 Å². The van der Waals surface area contributed by atoms with Crippen LogP contribution in [0, 0.1) is 5.92 Å². The molecule has 0 spiro atoms. The minimum atomic E-state index is -1.13. The first-order chi connectivity index (χ1) is 13.9. The molecule has 2 fully saturated rings. The van der Waals surface area contributed by atoms with Gasteiger partial charge in [0.05, 0.1) is 18.7 Å². The summed E-state index contributed by atoms with van der Waals surface area (Å²) in [4.78, 5) is 50.1. The van der Waals surface area contributed by atoms with Crippen molar-refractivity contribution in [3.63, 3.8) is 0 Å². The van der Waals surface area contributed by atoms with Gasteiger partial charge in [-0.2, -0.15) is 0 Å². The lowest BCUT2D eigenvalue weighted by molar-refractivity contribution is -0.158. The zero-order valence-corrected chi connectivity index (χ0v) is 16.5. The summed E-state index contributed by atoms with van der Waals surface area (Å²) in [5.74, 6) is -1.51. The van der Waals surface area contributed by atoms with E-state index in [1.807, 2.05) is 0 Å². The first-order valence-electron chi connectivity index (χ1n) is 10.0. The van der Waals surface area contributed by atoms with Crippen molar-refractivity contribution in [2.24, 2.45) is 5.92 Å². The second-order valence-electron chi connectivity index (χ2n) is 7.63. The van der Waals surface area contributed by atoms with Gasteiger partial charge in [-0.25, -0.2) is 4.79 Å². The highest BCUT2D eigenvalue weighted by Crippen LogP contribution is 2.22. The van der Waals surface area contributed by atoms with Gasteiger partial charge >= 0.3 is 12.0 Å². The van der Waals surface area contributed by atoms with E-state index in [9.17, 15) is 19.2 Å². The van der Waals surface area contributed by atoms with Crippen LogP contribution in [-0.4, -0.2) is 47.4 Å². The molecule has 1 aliphatic heterocycles. The number of ether oxygens (including phenoxy) is 1. The maximum atomic E-state index is 12.4. The first kappa shape index (κ1) is 20.9. The third kappa shape index (κ3) is 5.82. The number of hydrogen-bond acceptors (Lipinski definition) is 6. The molecule has 158 valence electrons. The highest BCUT2D eigenvalue weighted by Gasteiger charge is 2.37. The highest BCUT2D eigenvalue weighted by atomic mass is 16.5. The zero-order valence-electron chi connectivity index (χ0n) is 16.5. The average molecular weight is 405 g/mol. The van der Waals surface area contributed by atoms with Gasteiger partial charge in [0, 0.05) is 19.0 Å². The Labute approximate surface area is 169 Å². The van der Waals surface area contributed by atoms with Crippen molar-refractivity contribution in [2.45, 2.75) is 64.1 Å². The van der Waals surface area contributed by atoms with Crippen molar-refractivity contribution in [2.75, 3.05) is 6.54 Å². The highest BCUT2D eigenvalue weighted by molar-refractivity contribution is 5.97. The van der Waals surface area contributed by atoms with E-state index in [4.69, 9.17) is 9.15 Å². The maximum absolute atomic E-state index is 12.4. The van der Waals surface area contributed by atoms with Crippen LogP contribution in [0.1, 0.15) is 51.2 Å². The normalized spacial score (nSPS) is 20.9. The van der Waals surface area contributed by atoms with Gasteiger partial charge in [0.2, 0.25) is 5.91 Å². The summed E-state index contributed by atoms with van der Waals surface area (Å²) >= 11 is 0. The van der Waals surface area contributed by atoms with E-state index in [1.165, 1.54) is 18.1 Å². The molecule has 3 rings (SSSR count). The molecule has 0 unspecified atom stereocenters. The van der Waals surface area contributed by atoms with Gasteiger partial charge in [-0.15, -0.1) is 0 Å². The maximum Gasteiger partial charge on any atom is 0.321 e. The molecule has 2 heterocycles. The summed E-state index contributed by atoms with van der Waals surface area (Å²) < 4.78 is 10.4. The van der Waals surface area contributed by atoms with Crippen molar-refractivity contribution >= 4 is 23.8 Å². The molecular formula is C20H27N3O6. The lowest BCUT2D eigenvalue weighted by atomic mass is 9.96. The van der Waals surface area contributed by atoms with Gasteiger partial charge in [-0.05, 0) is 31.9 Å². The van der Waals surface area contributed by atoms with Crippen molar-refractivity contribution in [3.05, 3.63) is 24.2 Å². The molecule has 1 saturated carbocycles. The van der Waals surface area contributed by atoms with Gasteiger partial charge in [0.15, 0.2) is 6.10 Å². The smallest absolute Gasteiger partial charge is 0.321 e. The van der Waals surface area contributed by atoms with Gasteiger partial charge in [0.1, 0.15) is 5.76 Å². The summed E-state index contributed by atoms with van der Waals surface area (Å²) in [6.07, 6.45) is 5.49. The third-order valence-electron chi connectivity index (χ3n) is 5.31. The predicted octanol–water partition coefficient (Wildman–Crippen LogP) is 1.72. The summed E-state index contributed by atoms with van der Waals surface area (Å²) in [7, 11) is 0. The van der Waals surface area contributed by atoms with E-state index in [2.05, 4.69) is 10.6 Å². The number of esters is 1. The molecule has 0 radical (unpaired) electrons. The summed E-state index contributed by atoms with van der Waals surface area (Å²) in [5, 5.41) is 4.99. The Hall–Kier alpha value is -2.84. The van der Waals surface area contributed by atoms with Crippen LogP contribution in [0.5, 0.6) is 0 Å². The molecule has 4 amide bonds. The van der Waals surface area contributed by atoms with Crippen molar-refractivity contribution in [1.82, 2.24) is 15.5 Å². The average Bonchev–Trinajstić information content (AvgIpc) is 3.33. The fourth-order valence-corrected chi connectivity index (χ4v) is 3.68. The second kappa shape index (κ2) is 9.58. The number of nitrogens with one attached hydrogen (secondary N) is 2. The Bertz CT molecular complexity index is 741. The molecule has 2 aliphatic rings. The quantitative estimate of drug-likeness (QED) is 0.696. The van der Waals surface area contributed by atoms with Gasteiger partial charge in [-0.3, -0.25) is 19.7 Å². The Morgan fingerprint density at radius 1 is 1.28 bits per heavy atom. The van der Waals surface area contributed by atoms with Crippen LogP contribution in [0.15, 0.2) is 22.8 Å². The Kier molecular flexibility index (Phi) is 6.90. The Morgan fingerprint density at radius 2 is 2.03 bits per heavy atom. The molecule has 1 aromatic rings. The zero-order chi connectivity index (χ0) is 20.8. The fraction of sp³-hybridized carbons (Fsp3) is 0.600. The van der Waals surface area contributed by atoms with Crippen LogP contribution < -0.4 is 10.6 Å². The number of likely N-dealkylation sites (tertiary alicyclic amines) is 1. The summed E-state index contributed by atoms with van der Waals surface area (Å²) in [5.41, 5.74) is 0. The molecule has 29 heavy (non-hydrogen) atoms. The molecule has 1 saturated heterocycles. The molecule has 9 heteroatoms. The largest absolute Gasteiger partial charge is 0.467 e. The Morgan fingerprint density at radius 3 is 2.72 bits per heavy atom. The van der Waals surface area contributed by atoms with Crippen molar-refractivity contribution in [1.29, 1.82) is 0 Å². The second-order valence-corrected chi connectivity index (χ2v) is 7.63. The minimum Gasteiger partial charge on any atom is -0.467 e. The van der Waals surface area contributed by atoms with Gasteiger partial charge in [0.25, 0.3) is 5.91 Å². The number of nitrogens with zero attached hydrogens (tertiary/aromatic N) is 1. The van der Waals surface area contributed by atoms with E-state index in [0.717, 1.165) is 32.1 Å². The Balaban J connectivity index is 1.42. The van der Waals surface area contributed by atoms with Crippen molar-refractivity contribution < 1.29 is 28.3 Å². The van der Waals surface area contributed by atoms with Crippen molar-refractivity contribution in [3.8, 4) is 0 Å². The van der Waals surface area contributed by atoms with E-state index in [0.29, 0.717) is 5.76 Å². The lowest BCUT2D eigenvalue weighted by Gasteiger charge is -2.23. The van der Waals surface area contributed by atoms with E-state index in [1.54, 1.807) is 12.1 Å². The number of hydrogen-bond donors (Lipinski definition) is 2. The number of imide groups is 1. The molecule has 0 bridgehead atoms. The molecule has 2 N–H and O–H groups in total. The van der Waals surface area contributed by atoms with Crippen LogP contribution in [-0.2, 0) is 25.7 Å². The minimum absolute atomic E-state index is 0.0239. The summed E-state index contributed by atoms with van der Waals surface area (Å²) in [6.45, 7) is 1.89. The van der Waals surface area contributed by atoms with E-state index in [-0.39, 0.29) is 31.5 Å². The first-order valence-corrected chi connectivity index (χ1v) is 10.0. The molecule has 2 atom stereocenters. The monoisotopic (exact) mass is 405 g/mol. The van der Waals surface area contributed by atoms with Crippen LogP contribution in [0.25, 0.3) is 0 Å². The molecule has 9 nitrogen and oxygen atoms in total. The summed E-state index contributed by atoms with van der Waals surface area (Å²) in [6, 6.07) is 2.97. The standard InChI is InChI=1S/C20H27N3O6/c1-13(18(25)22-20(27)21-15-6-3-2-4-7-15)29-19(26)14-10-17(24)23(11-14)12-16-8-5-9-28-16/h5,8-9,13-15H,2-4,6-7,10-12H2,1H3,(H2,21,22,25,27)/t13-,14-/m0/s1. The molecular weight excluding hydrogens is 378 g/mol. The SMILES string of the molecule is C[C@H](OC(=O)[C@H]1CC(=O)N(Cc2ccco2)C1)C(=O)NC(=O)NC1CCCCC1. The number of carbonyl (C=O) groups is 4. The number of furan rings is 1. The molecule has 1 aliphatic carbocycles. The van der Waals surface area contributed by atoms with Crippen LogP contribution in [0.2, 0.25) is 0 Å². The van der Waals surface area contributed by atoms with Crippen LogP contribution in [0.3, 0.4) is 0 Å². The third-order valence-corrected chi connectivity index (χ3v) is 5.31. The van der Waals surface area contributed by atoms with Crippen LogP contribution in [0.4, 0.5) is 4.79 Å². The lowest BCUT2D eigenvalue weighted by Crippen LogP contribution is -2.48. The number of rotatable bonds is 6. The molecule has 0 aromatic carbocycles. The van der Waals surface area contributed by atoms with Gasteiger partial charge < -0.3 is 19.4 Å². The van der Waals surface area contributed by atoms with Gasteiger partial charge in [-0.1, -0.05) is 19.3 Å². The van der Waals surface area contributed by atoms with E-state index < -0.39 is 29.9 Å².